The Bertz CT molecular complexity index is 575. The minimum Gasteiger partial charge on any atom is -0.380 e. The molecule has 0 spiro atoms. The molecular formula is C13H11BrClFN2. The summed E-state index contributed by atoms with van der Waals surface area (Å²) in [6.45, 7) is 2.50. The molecule has 94 valence electrons. The fourth-order valence-electron chi connectivity index (χ4n) is 1.57. The maximum absolute atomic E-state index is 13.0. The third-order valence-electron chi connectivity index (χ3n) is 2.58. The predicted octanol–water partition coefficient (Wildman–Crippen LogP) is 4.56. The van der Waals surface area contributed by atoms with Gasteiger partial charge in [0.2, 0.25) is 0 Å². The Kier molecular flexibility index (Phi) is 4.19. The molecular weight excluding hydrogens is 319 g/mol. The van der Waals surface area contributed by atoms with Crippen molar-refractivity contribution in [1.29, 1.82) is 0 Å². The summed E-state index contributed by atoms with van der Waals surface area (Å²) in [5, 5.41) is 3.64. The van der Waals surface area contributed by atoms with Crippen LogP contribution in [0.5, 0.6) is 0 Å². The SMILES string of the molecule is Cc1cc(F)ccc1CNc1cnc(Cl)c(Br)c1. The number of rotatable bonds is 3. The Balaban J connectivity index is 2.09. The van der Waals surface area contributed by atoms with Gasteiger partial charge in [0, 0.05) is 6.54 Å². The normalized spacial score (nSPS) is 10.4. The van der Waals surface area contributed by atoms with Crippen molar-refractivity contribution < 1.29 is 4.39 Å². The highest BCUT2D eigenvalue weighted by Gasteiger charge is 2.02. The third-order valence-corrected chi connectivity index (χ3v) is 3.72. The Hall–Kier alpha value is -1.13. The van der Waals surface area contributed by atoms with Crippen LogP contribution in [0.15, 0.2) is 34.9 Å². The van der Waals surface area contributed by atoms with Crippen molar-refractivity contribution in [2.75, 3.05) is 5.32 Å². The summed E-state index contributed by atoms with van der Waals surface area (Å²) in [5.74, 6) is -0.216. The lowest BCUT2D eigenvalue weighted by Crippen LogP contribution is -2.02. The van der Waals surface area contributed by atoms with Gasteiger partial charge in [-0.15, -0.1) is 0 Å². The molecule has 0 atom stereocenters. The lowest BCUT2D eigenvalue weighted by atomic mass is 10.1. The Labute approximate surface area is 118 Å². The van der Waals surface area contributed by atoms with Gasteiger partial charge in [-0.2, -0.15) is 0 Å². The Morgan fingerprint density at radius 3 is 2.83 bits per heavy atom. The molecule has 0 saturated heterocycles. The number of benzene rings is 1. The summed E-state index contributed by atoms with van der Waals surface area (Å²) in [6.07, 6.45) is 1.66. The van der Waals surface area contributed by atoms with E-state index in [1.54, 1.807) is 12.3 Å². The standard InChI is InChI=1S/C13H11BrClFN2/c1-8-4-10(16)3-2-9(8)6-17-11-5-12(14)13(15)18-7-11/h2-5,7,17H,6H2,1H3. The van der Waals surface area contributed by atoms with Crippen molar-refractivity contribution in [1.82, 2.24) is 4.98 Å². The summed E-state index contributed by atoms with van der Waals surface area (Å²) in [5.41, 5.74) is 2.82. The molecule has 1 heterocycles. The predicted molar refractivity (Wildman–Crippen MR) is 75.4 cm³/mol. The van der Waals surface area contributed by atoms with Crippen LogP contribution < -0.4 is 5.32 Å². The van der Waals surface area contributed by atoms with Crippen LogP contribution in [-0.2, 0) is 6.54 Å². The number of pyridine rings is 1. The quantitative estimate of drug-likeness (QED) is 0.835. The second-order valence-electron chi connectivity index (χ2n) is 3.92. The number of hydrogen-bond acceptors (Lipinski definition) is 2. The van der Waals surface area contributed by atoms with E-state index < -0.39 is 0 Å². The van der Waals surface area contributed by atoms with Crippen LogP contribution in [0.25, 0.3) is 0 Å². The van der Waals surface area contributed by atoms with Gasteiger partial charge in [-0.25, -0.2) is 9.37 Å². The molecule has 0 amide bonds. The summed E-state index contributed by atoms with van der Waals surface area (Å²) < 4.78 is 13.7. The molecule has 2 rings (SSSR count). The molecule has 0 bridgehead atoms. The first kappa shape index (κ1) is 13.3. The zero-order valence-corrected chi connectivity index (χ0v) is 12.0. The first-order chi connectivity index (χ1) is 8.56. The molecule has 0 saturated carbocycles. The van der Waals surface area contributed by atoms with E-state index in [0.717, 1.165) is 21.3 Å². The van der Waals surface area contributed by atoms with Crippen molar-refractivity contribution >= 4 is 33.2 Å². The third kappa shape index (κ3) is 3.21. The van der Waals surface area contributed by atoms with E-state index in [0.29, 0.717) is 11.7 Å². The molecule has 0 unspecified atom stereocenters. The van der Waals surface area contributed by atoms with Crippen molar-refractivity contribution in [3.8, 4) is 0 Å². The second-order valence-corrected chi connectivity index (χ2v) is 5.13. The minimum absolute atomic E-state index is 0.216. The fraction of sp³-hybridized carbons (Fsp3) is 0.154. The highest BCUT2D eigenvalue weighted by Crippen LogP contribution is 2.23. The number of anilines is 1. The first-order valence-electron chi connectivity index (χ1n) is 5.36. The van der Waals surface area contributed by atoms with Gasteiger partial charge >= 0.3 is 0 Å². The molecule has 0 radical (unpaired) electrons. The number of aryl methyl sites for hydroxylation is 1. The van der Waals surface area contributed by atoms with Crippen molar-refractivity contribution in [2.45, 2.75) is 13.5 Å². The maximum atomic E-state index is 13.0. The van der Waals surface area contributed by atoms with Crippen LogP contribution in [0, 0.1) is 12.7 Å². The average Bonchev–Trinajstić information content (AvgIpc) is 2.32. The minimum atomic E-state index is -0.216. The molecule has 1 aromatic heterocycles. The summed E-state index contributed by atoms with van der Waals surface area (Å²) in [6, 6.07) is 6.61. The highest BCUT2D eigenvalue weighted by molar-refractivity contribution is 9.10. The van der Waals surface area contributed by atoms with E-state index >= 15 is 0 Å². The van der Waals surface area contributed by atoms with Crippen molar-refractivity contribution in [3.05, 3.63) is 57.0 Å². The molecule has 2 nitrogen and oxygen atoms in total. The summed E-state index contributed by atoms with van der Waals surface area (Å²) in [7, 11) is 0. The van der Waals surface area contributed by atoms with Gasteiger partial charge in [-0.1, -0.05) is 17.7 Å². The van der Waals surface area contributed by atoms with E-state index in [1.165, 1.54) is 12.1 Å². The summed E-state index contributed by atoms with van der Waals surface area (Å²) >= 11 is 9.13. The number of nitrogens with one attached hydrogen (secondary N) is 1. The van der Waals surface area contributed by atoms with E-state index in [9.17, 15) is 4.39 Å². The smallest absolute Gasteiger partial charge is 0.143 e. The fourth-order valence-corrected chi connectivity index (χ4v) is 2.03. The van der Waals surface area contributed by atoms with Gasteiger partial charge in [-0.3, -0.25) is 0 Å². The second kappa shape index (κ2) is 5.67. The van der Waals surface area contributed by atoms with Crippen LogP contribution in [0.3, 0.4) is 0 Å². The van der Waals surface area contributed by atoms with Gasteiger partial charge < -0.3 is 5.32 Å². The van der Waals surface area contributed by atoms with E-state index in [1.807, 2.05) is 13.0 Å². The molecule has 5 heteroatoms. The van der Waals surface area contributed by atoms with Crippen LogP contribution in [0.4, 0.5) is 10.1 Å². The lowest BCUT2D eigenvalue weighted by Gasteiger charge is -2.09. The number of hydrogen-bond donors (Lipinski definition) is 1. The van der Waals surface area contributed by atoms with Gasteiger partial charge in [0.1, 0.15) is 11.0 Å². The number of halogens is 3. The van der Waals surface area contributed by atoms with Crippen LogP contribution in [0.2, 0.25) is 5.15 Å². The molecule has 0 fully saturated rings. The zero-order valence-electron chi connectivity index (χ0n) is 9.67. The Morgan fingerprint density at radius 2 is 2.17 bits per heavy atom. The van der Waals surface area contributed by atoms with Crippen LogP contribution >= 0.6 is 27.5 Å². The lowest BCUT2D eigenvalue weighted by molar-refractivity contribution is 0.625. The van der Waals surface area contributed by atoms with Gasteiger partial charge in [0.15, 0.2) is 0 Å². The zero-order chi connectivity index (χ0) is 13.1. The van der Waals surface area contributed by atoms with E-state index in [2.05, 4.69) is 26.2 Å². The largest absolute Gasteiger partial charge is 0.380 e. The molecule has 0 aliphatic rings. The molecule has 1 aromatic carbocycles. The van der Waals surface area contributed by atoms with Crippen LogP contribution in [-0.4, -0.2) is 4.98 Å². The van der Waals surface area contributed by atoms with Crippen molar-refractivity contribution in [3.63, 3.8) is 0 Å². The van der Waals surface area contributed by atoms with E-state index in [4.69, 9.17) is 11.6 Å². The monoisotopic (exact) mass is 328 g/mol. The summed E-state index contributed by atoms with van der Waals surface area (Å²) in [4.78, 5) is 4.02. The number of nitrogens with zero attached hydrogens (tertiary/aromatic N) is 1. The van der Waals surface area contributed by atoms with Crippen LogP contribution in [0.1, 0.15) is 11.1 Å². The average molecular weight is 330 g/mol. The molecule has 18 heavy (non-hydrogen) atoms. The Morgan fingerprint density at radius 1 is 1.39 bits per heavy atom. The molecule has 2 aromatic rings. The first-order valence-corrected chi connectivity index (χ1v) is 6.53. The highest BCUT2D eigenvalue weighted by atomic mass is 79.9. The van der Waals surface area contributed by atoms with Crippen molar-refractivity contribution in [2.24, 2.45) is 0 Å². The maximum Gasteiger partial charge on any atom is 0.143 e. The van der Waals surface area contributed by atoms with E-state index in [-0.39, 0.29) is 5.82 Å². The number of aromatic nitrogens is 1. The van der Waals surface area contributed by atoms with Gasteiger partial charge in [-0.05, 0) is 52.2 Å². The molecule has 0 aliphatic heterocycles. The van der Waals surface area contributed by atoms with Gasteiger partial charge in [0.25, 0.3) is 0 Å². The molecule has 1 N–H and O–H groups in total. The van der Waals surface area contributed by atoms with Gasteiger partial charge in [0.05, 0.1) is 16.4 Å². The topological polar surface area (TPSA) is 24.9 Å². The molecule has 0 aliphatic carbocycles.